The van der Waals surface area contributed by atoms with E-state index in [2.05, 4.69) is 19.9 Å². The van der Waals surface area contributed by atoms with Crippen LogP contribution in [0.3, 0.4) is 0 Å². The van der Waals surface area contributed by atoms with E-state index in [9.17, 15) is 4.79 Å². The maximum Gasteiger partial charge on any atom is 0.374 e. The summed E-state index contributed by atoms with van der Waals surface area (Å²) in [5, 5.41) is 8.23. The van der Waals surface area contributed by atoms with Crippen LogP contribution in [0.2, 0.25) is 0 Å². The Kier molecular flexibility index (Phi) is 3.08. The Hall–Kier alpha value is -2.31. The van der Waals surface area contributed by atoms with Gasteiger partial charge < -0.3 is 4.74 Å². The predicted octanol–water partition coefficient (Wildman–Crippen LogP) is -0.662. The molecule has 2 heterocycles. The quantitative estimate of drug-likeness (QED) is 0.520. The highest BCUT2D eigenvalue weighted by molar-refractivity contribution is 5.67. The van der Waals surface area contributed by atoms with Gasteiger partial charge in [-0.15, -0.1) is 0 Å². The van der Waals surface area contributed by atoms with Crippen LogP contribution in [0.1, 0.15) is 0 Å². The zero-order valence-corrected chi connectivity index (χ0v) is 9.57. The molecule has 0 aliphatic heterocycles. The van der Waals surface area contributed by atoms with E-state index in [1.54, 1.807) is 36.5 Å². The molecule has 0 saturated carbocycles. The predicted molar refractivity (Wildman–Crippen MR) is 56.4 cm³/mol. The lowest BCUT2D eigenvalue weighted by Crippen LogP contribution is -2.41. The van der Waals surface area contributed by atoms with Crippen LogP contribution in [0.5, 0.6) is 0 Å². The molecule has 0 N–H and O–H groups in total. The molecule has 0 radical (unpaired) electrons. The molecule has 17 heavy (non-hydrogen) atoms. The van der Waals surface area contributed by atoms with Crippen LogP contribution < -0.4 is 4.68 Å². The Morgan fingerprint density at radius 3 is 2.94 bits per heavy atom. The van der Waals surface area contributed by atoms with Crippen LogP contribution in [0.15, 0.2) is 24.8 Å². The molecule has 0 aliphatic carbocycles. The van der Waals surface area contributed by atoms with E-state index in [0.717, 1.165) is 5.56 Å². The van der Waals surface area contributed by atoms with E-state index >= 15 is 0 Å². The fourth-order valence-electron chi connectivity index (χ4n) is 1.28. The fraction of sp³-hybridized carbons (Fsp3) is 0.300. The summed E-state index contributed by atoms with van der Waals surface area (Å²) in [6.45, 7) is 0.0897. The zero-order valence-electron chi connectivity index (χ0n) is 9.57. The van der Waals surface area contributed by atoms with E-state index in [4.69, 9.17) is 0 Å². The van der Waals surface area contributed by atoms with Crippen LogP contribution in [0.4, 0.5) is 0 Å². The second-order valence-corrected chi connectivity index (χ2v) is 3.43. The van der Waals surface area contributed by atoms with Crippen LogP contribution >= 0.6 is 0 Å². The molecule has 0 aliphatic rings. The van der Waals surface area contributed by atoms with Crippen molar-refractivity contribution in [3.8, 4) is 11.4 Å². The Morgan fingerprint density at radius 2 is 2.41 bits per heavy atom. The topological polar surface area (TPSA) is 73.8 Å². The number of aryl methyl sites for hydroxylation is 1. The smallest absolute Gasteiger partial charge is 0.374 e. The third-order valence-electron chi connectivity index (χ3n) is 2.15. The summed E-state index contributed by atoms with van der Waals surface area (Å²) >= 11 is 0. The maximum atomic E-state index is 11.0. The third kappa shape index (κ3) is 2.63. The number of methoxy groups -OCH3 is 1. The summed E-state index contributed by atoms with van der Waals surface area (Å²) in [6, 6.07) is 1.80. The Balaban J connectivity index is 2.15. The highest BCUT2D eigenvalue weighted by Gasteiger charge is 2.12. The number of rotatable bonds is 3. The molecule has 7 heteroatoms. The van der Waals surface area contributed by atoms with Gasteiger partial charge >= 0.3 is 5.97 Å². The van der Waals surface area contributed by atoms with Crippen molar-refractivity contribution in [3.05, 3.63) is 24.8 Å². The summed E-state index contributed by atoms with van der Waals surface area (Å²) in [7, 11) is 3.14. The molecule has 0 atom stereocenters. The number of hydrogen-bond acceptors (Lipinski definition) is 5. The molecule has 2 aromatic rings. The van der Waals surface area contributed by atoms with E-state index in [0.29, 0.717) is 5.82 Å². The van der Waals surface area contributed by atoms with Gasteiger partial charge in [-0.2, -0.15) is 5.10 Å². The van der Waals surface area contributed by atoms with Gasteiger partial charge in [0.15, 0.2) is 12.0 Å². The molecule has 88 valence electrons. The van der Waals surface area contributed by atoms with Crippen molar-refractivity contribution in [2.75, 3.05) is 7.11 Å². The minimum atomic E-state index is -0.341. The van der Waals surface area contributed by atoms with Gasteiger partial charge in [0.1, 0.15) is 12.5 Å². The molecule has 7 nitrogen and oxygen atoms in total. The van der Waals surface area contributed by atoms with Crippen LogP contribution in [0.25, 0.3) is 11.4 Å². The number of aromatic nitrogens is 5. The van der Waals surface area contributed by atoms with Crippen molar-refractivity contribution in [3.63, 3.8) is 0 Å². The first-order valence-electron chi connectivity index (χ1n) is 4.97. The van der Waals surface area contributed by atoms with Crippen molar-refractivity contribution in [2.45, 2.75) is 6.54 Å². The van der Waals surface area contributed by atoms with Gasteiger partial charge in [0, 0.05) is 13.1 Å². The number of hydrogen-bond donors (Lipinski definition) is 0. The highest BCUT2D eigenvalue weighted by atomic mass is 16.5. The summed E-state index contributed by atoms with van der Waals surface area (Å²) < 4.78 is 7.64. The molecular formula is C10H12N5O2+. The average molecular weight is 234 g/mol. The van der Waals surface area contributed by atoms with Crippen molar-refractivity contribution in [1.82, 2.24) is 19.9 Å². The third-order valence-corrected chi connectivity index (χ3v) is 2.15. The number of ether oxygens (including phenoxy) is 1. The van der Waals surface area contributed by atoms with E-state index in [1.165, 1.54) is 11.8 Å². The normalized spacial score (nSPS) is 10.2. The van der Waals surface area contributed by atoms with Gasteiger partial charge in [0.2, 0.25) is 0 Å². The van der Waals surface area contributed by atoms with Gasteiger partial charge in [-0.1, -0.05) is 4.68 Å². The molecule has 2 aromatic heterocycles. The molecule has 0 saturated heterocycles. The summed E-state index contributed by atoms with van der Waals surface area (Å²) in [5.74, 6) is 0.261. The Bertz CT molecular complexity index is 520. The minimum Gasteiger partial charge on any atom is -0.464 e. The number of carbonyl (C=O) groups excluding carboxylic acids is 1. The summed E-state index contributed by atoms with van der Waals surface area (Å²) in [5.41, 5.74) is 0.798. The second-order valence-electron chi connectivity index (χ2n) is 3.43. The monoisotopic (exact) mass is 234 g/mol. The molecule has 2 rings (SSSR count). The Morgan fingerprint density at radius 1 is 1.59 bits per heavy atom. The second kappa shape index (κ2) is 4.69. The highest BCUT2D eigenvalue weighted by Crippen LogP contribution is 2.09. The van der Waals surface area contributed by atoms with Crippen LogP contribution in [0, 0.1) is 0 Å². The first-order valence-corrected chi connectivity index (χ1v) is 4.97. The van der Waals surface area contributed by atoms with E-state index in [1.807, 2.05) is 0 Å². The molecule has 0 aromatic carbocycles. The maximum absolute atomic E-state index is 11.0. The lowest BCUT2D eigenvalue weighted by molar-refractivity contribution is -0.743. The summed E-state index contributed by atoms with van der Waals surface area (Å²) in [6.07, 6.45) is 4.91. The SMILES string of the molecule is COC(=O)C[n+]1ccc(-c2ncn(C)n2)cn1. The minimum absolute atomic E-state index is 0.0897. The van der Waals surface area contributed by atoms with E-state index < -0.39 is 0 Å². The number of carbonyl (C=O) groups is 1. The van der Waals surface area contributed by atoms with E-state index in [-0.39, 0.29) is 12.5 Å². The zero-order chi connectivity index (χ0) is 12.3. The molecule has 0 fully saturated rings. The van der Waals surface area contributed by atoms with Crippen molar-refractivity contribution in [2.24, 2.45) is 7.05 Å². The lowest BCUT2D eigenvalue weighted by atomic mass is 10.3. The first kappa shape index (κ1) is 11.2. The van der Waals surface area contributed by atoms with Gasteiger partial charge in [0.05, 0.1) is 12.7 Å². The van der Waals surface area contributed by atoms with Gasteiger partial charge in [-0.05, 0) is 5.10 Å². The summed E-state index contributed by atoms with van der Waals surface area (Å²) in [4.78, 5) is 15.1. The lowest BCUT2D eigenvalue weighted by Gasteiger charge is -1.94. The molecular weight excluding hydrogens is 222 g/mol. The van der Waals surface area contributed by atoms with Gasteiger partial charge in [0.25, 0.3) is 6.54 Å². The van der Waals surface area contributed by atoms with Crippen LogP contribution in [-0.2, 0) is 23.1 Å². The first-order chi connectivity index (χ1) is 8.19. The van der Waals surface area contributed by atoms with Gasteiger partial charge in [-0.25, -0.2) is 9.78 Å². The van der Waals surface area contributed by atoms with Crippen molar-refractivity contribution >= 4 is 5.97 Å². The molecule has 0 amide bonds. The van der Waals surface area contributed by atoms with Crippen molar-refractivity contribution < 1.29 is 14.2 Å². The molecule has 0 bridgehead atoms. The molecule has 0 unspecified atom stereocenters. The molecule has 0 spiro atoms. The average Bonchev–Trinajstić information content (AvgIpc) is 2.77. The number of nitrogens with zero attached hydrogens (tertiary/aromatic N) is 5. The van der Waals surface area contributed by atoms with Gasteiger partial charge in [-0.3, -0.25) is 4.68 Å². The standard InChI is InChI=1S/C10H12N5O2/c1-14-7-11-10(13-14)8-3-4-15(12-5-8)6-9(16)17-2/h3-5,7H,6H2,1-2H3/q+1. The number of esters is 1. The van der Waals surface area contributed by atoms with Crippen LogP contribution in [-0.4, -0.2) is 32.9 Å². The van der Waals surface area contributed by atoms with Crippen molar-refractivity contribution in [1.29, 1.82) is 0 Å². The Labute approximate surface area is 97.7 Å². The largest absolute Gasteiger partial charge is 0.464 e. The fourth-order valence-corrected chi connectivity index (χ4v) is 1.28.